The third-order valence-electron chi connectivity index (χ3n) is 4.59. The molecule has 2 aromatic rings. The Labute approximate surface area is 202 Å². The van der Waals surface area contributed by atoms with E-state index in [1.165, 1.54) is 13.8 Å². The zero-order valence-electron chi connectivity index (χ0n) is 19.6. The van der Waals surface area contributed by atoms with Gasteiger partial charge in [-0.1, -0.05) is 11.3 Å². The Hall–Kier alpha value is -3.59. The van der Waals surface area contributed by atoms with E-state index in [1.807, 2.05) is 0 Å². The van der Waals surface area contributed by atoms with E-state index in [2.05, 4.69) is 15.3 Å². The van der Waals surface area contributed by atoms with E-state index in [0.29, 0.717) is 0 Å². The first kappa shape index (κ1) is 26.0. The number of carbonyl (C=O) groups excluding carboxylic acids is 4. The number of esters is 3. The van der Waals surface area contributed by atoms with Crippen LogP contribution in [0.3, 0.4) is 0 Å². The molecule has 1 aliphatic heterocycles. The van der Waals surface area contributed by atoms with Crippen LogP contribution < -0.4 is 14.9 Å². The molecular weight excluding hydrogens is 488 g/mol. The van der Waals surface area contributed by atoms with E-state index in [1.54, 1.807) is 6.92 Å². The zero-order chi connectivity index (χ0) is 25.9. The number of amides is 1. The second-order valence-corrected chi connectivity index (χ2v) is 8.33. The van der Waals surface area contributed by atoms with Gasteiger partial charge in [0.25, 0.3) is 0 Å². The van der Waals surface area contributed by atoms with Gasteiger partial charge in [-0.15, -0.1) is 0 Å². The minimum atomic E-state index is -1.32. The van der Waals surface area contributed by atoms with Crippen molar-refractivity contribution in [1.29, 1.82) is 0 Å². The Kier molecular flexibility index (Phi) is 8.01. The van der Waals surface area contributed by atoms with E-state index in [9.17, 15) is 24.0 Å². The standard InChI is InChI=1S/C20H24N4O10S/c1-6-30-17-15-16(22-19(23-17)21-8(2)25)24(20(29)35-15)18-14(33-11(5)28)13(32-10(4)27)12(34-18)7-31-9(3)26/h12-14,18H,6-7H2,1-5H3,(H,21,22,23,25)/t12-,13-,14-,18-/m1/s1. The van der Waals surface area contributed by atoms with Gasteiger partial charge < -0.3 is 23.7 Å². The van der Waals surface area contributed by atoms with Crippen LogP contribution in [0.5, 0.6) is 5.88 Å². The summed E-state index contributed by atoms with van der Waals surface area (Å²) in [6.07, 6.45) is -4.88. The predicted molar refractivity (Wildman–Crippen MR) is 119 cm³/mol. The van der Waals surface area contributed by atoms with Gasteiger partial charge in [0.1, 0.15) is 17.4 Å². The summed E-state index contributed by atoms with van der Waals surface area (Å²) < 4.78 is 28.6. The molecule has 190 valence electrons. The Balaban J connectivity index is 2.17. The van der Waals surface area contributed by atoms with Gasteiger partial charge in [0.2, 0.25) is 17.7 Å². The van der Waals surface area contributed by atoms with Crippen molar-refractivity contribution >= 4 is 51.4 Å². The van der Waals surface area contributed by atoms with Gasteiger partial charge in [-0.25, -0.2) is 0 Å². The van der Waals surface area contributed by atoms with Crippen LogP contribution in [0.15, 0.2) is 4.79 Å². The number of aromatic nitrogens is 3. The third-order valence-corrected chi connectivity index (χ3v) is 5.53. The topological polar surface area (TPSA) is 174 Å². The third kappa shape index (κ3) is 5.92. The first-order valence-corrected chi connectivity index (χ1v) is 11.3. The van der Waals surface area contributed by atoms with Gasteiger partial charge in [-0.05, 0) is 6.92 Å². The molecule has 1 saturated heterocycles. The van der Waals surface area contributed by atoms with Crippen molar-refractivity contribution in [2.75, 3.05) is 18.5 Å². The lowest BCUT2D eigenvalue weighted by molar-refractivity contribution is -0.166. The number of carbonyl (C=O) groups is 4. The molecule has 0 unspecified atom stereocenters. The van der Waals surface area contributed by atoms with Crippen LogP contribution in [0.25, 0.3) is 10.3 Å². The smallest absolute Gasteiger partial charge is 0.311 e. The van der Waals surface area contributed by atoms with Gasteiger partial charge in [-0.3, -0.25) is 33.9 Å². The fourth-order valence-corrected chi connectivity index (χ4v) is 4.36. The molecule has 15 heteroatoms. The number of anilines is 1. The van der Waals surface area contributed by atoms with E-state index in [-0.39, 0.29) is 35.4 Å². The summed E-state index contributed by atoms with van der Waals surface area (Å²) in [5.74, 6) is -2.59. The van der Waals surface area contributed by atoms with Crippen LogP contribution in [0, 0.1) is 0 Å². The van der Waals surface area contributed by atoms with Crippen molar-refractivity contribution in [2.24, 2.45) is 0 Å². The van der Waals surface area contributed by atoms with Crippen molar-refractivity contribution in [3.8, 4) is 5.88 Å². The van der Waals surface area contributed by atoms with E-state index in [0.717, 1.165) is 29.8 Å². The maximum atomic E-state index is 13.1. The predicted octanol–water partition coefficient (Wildman–Crippen LogP) is 0.534. The summed E-state index contributed by atoms with van der Waals surface area (Å²) in [4.78, 5) is 67.6. The number of hydrogen-bond donors (Lipinski definition) is 1. The summed E-state index contributed by atoms with van der Waals surface area (Å²) in [5, 5.41) is 2.44. The van der Waals surface area contributed by atoms with Gasteiger partial charge in [0, 0.05) is 27.7 Å². The number of thiazole rings is 1. The van der Waals surface area contributed by atoms with Crippen molar-refractivity contribution in [3.05, 3.63) is 9.67 Å². The van der Waals surface area contributed by atoms with E-state index >= 15 is 0 Å². The quantitative estimate of drug-likeness (QED) is 0.384. The molecule has 1 fully saturated rings. The van der Waals surface area contributed by atoms with Crippen LogP contribution >= 0.6 is 11.3 Å². The number of hydrogen-bond acceptors (Lipinski definition) is 13. The Bertz CT molecular complexity index is 1210. The van der Waals surface area contributed by atoms with Gasteiger partial charge in [0.15, 0.2) is 24.1 Å². The van der Waals surface area contributed by atoms with Crippen LogP contribution in [0.2, 0.25) is 0 Å². The highest BCUT2D eigenvalue weighted by atomic mass is 32.1. The summed E-state index contributed by atoms with van der Waals surface area (Å²) >= 11 is 0.746. The molecule has 2 aromatic heterocycles. The van der Waals surface area contributed by atoms with Crippen molar-refractivity contribution in [3.63, 3.8) is 0 Å². The first-order valence-electron chi connectivity index (χ1n) is 10.5. The molecular formula is C20H24N4O10S. The van der Waals surface area contributed by atoms with Crippen LogP contribution in [0.1, 0.15) is 40.8 Å². The highest BCUT2D eigenvalue weighted by Crippen LogP contribution is 2.37. The SMILES string of the molecule is CCOc1nc(NC(C)=O)nc2c1sc(=O)n2[C@@H]1O[C@H](COC(C)=O)[C@@H](OC(C)=O)[C@H]1OC(C)=O. The number of nitrogens with zero attached hydrogens (tertiary/aromatic N) is 3. The molecule has 3 rings (SSSR count). The molecule has 0 radical (unpaired) electrons. The summed E-state index contributed by atoms with van der Waals surface area (Å²) in [5.41, 5.74) is 0.0269. The molecule has 4 atom stereocenters. The highest BCUT2D eigenvalue weighted by Gasteiger charge is 2.51. The van der Waals surface area contributed by atoms with Crippen LogP contribution in [0.4, 0.5) is 5.95 Å². The number of fused-ring (bicyclic) bond motifs is 1. The normalized spacial score (nSPS) is 21.4. The molecule has 0 spiro atoms. The van der Waals surface area contributed by atoms with Crippen molar-refractivity contribution in [1.82, 2.24) is 14.5 Å². The average Bonchev–Trinajstić information content (AvgIpc) is 3.22. The summed E-state index contributed by atoms with van der Waals surface area (Å²) in [6, 6.07) is 0. The number of rotatable bonds is 8. The molecule has 14 nitrogen and oxygen atoms in total. The van der Waals surface area contributed by atoms with Crippen molar-refractivity contribution in [2.45, 2.75) is 59.2 Å². The van der Waals surface area contributed by atoms with Gasteiger partial charge in [0.05, 0.1) is 6.61 Å². The minimum absolute atomic E-state index is 0.0269. The lowest BCUT2D eigenvalue weighted by atomic mass is 10.1. The second-order valence-electron chi connectivity index (χ2n) is 7.37. The molecule has 0 aliphatic carbocycles. The van der Waals surface area contributed by atoms with Gasteiger partial charge >= 0.3 is 22.8 Å². The second kappa shape index (κ2) is 10.8. The van der Waals surface area contributed by atoms with E-state index in [4.69, 9.17) is 23.7 Å². The maximum absolute atomic E-state index is 13.1. The van der Waals surface area contributed by atoms with Crippen LogP contribution in [-0.2, 0) is 38.1 Å². The lowest BCUT2D eigenvalue weighted by Gasteiger charge is -2.23. The molecule has 1 amide bonds. The first-order chi connectivity index (χ1) is 16.5. The van der Waals surface area contributed by atoms with E-state index < -0.39 is 53.2 Å². The number of nitrogens with one attached hydrogen (secondary N) is 1. The maximum Gasteiger partial charge on any atom is 0.311 e. The zero-order valence-corrected chi connectivity index (χ0v) is 20.4. The fourth-order valence-electron chi connectivity index (χ4n) is 3.47. The summed E-state index contributed by atoms with van der Waals surface area (Å²) in [6.45, 7) is 6.32. The molecule has 0 aromatic carbocycles. The van der Waals surface area contributed by atoms with Crippen molar-refractivity contribution < 1.29 is 42.9 Å². The lowest BCUT2D eigenvalue weighted by Crippen LogP contribution is -2.41. The molecule has 3 heterocycles. The molecule has 1 N–H and O–H groups in total. The Morgan fingerprint density at radius 1 is 1.03 bits per heavy atom. The molecule has 0 bridgehead atoms. The molecule has 0 saturated carbocycles. The Morgan fingerprint density at radius 2 is 1.69 bits per heavy atom. The average molecular weight is 512 g/mol. The Morgan fingerprint density at radius 3 is 2.26 bits per heavy atom. The molecule has 35 heavy (non-hydrogen) atoms. The fraction of sp³-hybridized carbons (Fsp3) is 0.550. The summed E-state index contributed by atoms with van der Waals surface area (Å²) in [7, 11) is 0. The highest BCUT2D eigenvalue weighted by molar-refractivity contribution is 7.16. The largest absolute Gasteiger partial charge is 0.477 e. The monoisotopic (exact) mass is 512 g/mol. The van der Waals surface area contributed by atoms with Gasteiger partial charge in [-0.2, -0.15) is 9.97 Å². The number of ether oxygens (including phenoxy) is 5. The molecule has 1 aliphatic rings. The van der Waals surface area contributed by atoms with Crippen LogP contribution in [-0.4, -0.2) is 69.9 Å². The minimum Gasteiger partial charge on any atom is -0.477 e.